The van der Waals surface area contributed by atoms with Crippen LogP contribution in [0.1, 0.15) is 31.7 Å². The molecule has 0 bridgehead atoms. The summed E-state index contributed by atoms with van der Waals surface area (Å²) >= 11 is 0. The molecular weight excluding hydrogens is 425 g/mol. The number of hydrogen-bond donors (Lipinski definition) is 1. The number of alkyl halides is 3. The number of nitrogens with one attached hydrogen (secondary N) is 1. The highest BCUT2D eigenvalue weighted by molar-refractivity contribution is 5.89. The van der Waals surface area contributed by atoms with Crippen molar-refractivity contribution in [2.75, 3.05) is 6.54 Å². The Kier molecular flexibility index (Phi) is 5.57. The van der Waals surface area contributed by atoms with Crippen molar-refractivity contribution in [1.29, 1.82) is 0 Å². The third kappa shape index (κ3) is 4.27. The molecule has 1 aliphatic heterocycles. The van der Waals surface area contributed by atoms with Crippen molar-refractivity contribution in [3.8, 4) is 11.3 Å². The van der Waals surface area contributed by atoms with Crippen molar-refractivity contribution in [3.63, 3.8) is 0 Å². The molecule has 8 nitrogen and oxygen atoms in total. The second-order valence-electron chi connectivity index (χ2n) is 7.93. The third-order valence-corrected chi connectivity index (χ3v) is 5.36. The number of carbonyl (C=O) groups excluding carboxylic acids is 2. The van der Waals surface area contributed by atoms with E-state index in [-0.39, 0.29) is 42.5 Å². The average molecular weight is 446 g/mol. The van der Waals surface area contributed by atoms with E-state index in [9.17, 15) is 22.8 Å². The molecule has 32 heavy (non-hydrogen) atoms. The van der Waals surface area contributed by atoms with Crippen LogP contribution in [0.25, 0.3) is 17.0 Å². The van der Waals surface area contributed by atoms with Crippen molar-refractivity contribution in [1.82, 2.24) is 29.8 Å². The van der Waals surface area contributed by atoms with Crippen LogP contribution >= 0.6 is 0 Å². The molecule has 11 heteroatoms. The molecule has 1 atom stereocenters. The standard InChI is InChI=1S/C21H21F3N6O2/c1-12(2)29-11-15(9-17(29)31)18(32)26-10-13-3-5-14(6-4-13)16-7-8-25-20-27-19(21(22,23)24)28-30(16)20/h3-8,12,15H,9-11H2,1-2H3,(H,26,32)/t15-/m1/s1. The van der Waals surface area contributed by atoms with E-state index in [2.05, 4.69) is 20.4 Å². The molecule has 0 aliphatic carbocycles. The molecule has 1 N–H and O–H groups in total. The predicted molar refractivity (Wildman–Crippen MR) is 108 cm³/mol. The summed E-state index contributed by atoms with van der Waals surface area (Å²) in [7, 11) is 0. The van der Waals surface area contributed by atoms with Crippen molar-refractivity contribution in [2.24, 2.45) is 5.92 Å². The van der Waals surface area contributed by atoms with Crippen LogP contribution in [0.2, 0.25) is 0 Å². The van der Waals surface area contributed by atoms with Crippen LogP contribution in [-0.2, 0) is 22.3 Å². The van der Waals surface area contributed by atoms with E-state index in [1.807, 2.05) is 13.8 Å². The molecule has 0 spiro atoms. The smallest absolute Gasteiger partial charge is 0.352 e. The largest absolute Gasteiger partial charge is 0.453 e. The van der Waals surface area contributed by atoms with Crippen LogP contribution in [0.5, 0.6) is 0 Å². The highest BCUT2D eigenvalue weighted by Gasteiger charge is 2.37. The monoisotopic (exact) mass is 446 g/mol. The van der Waals surface area contributed by atoms with Crippen molar-refractivity contribution < 1.29 is 22.8 Å². The molecule has 1 fully saturated rings. The molecule has 1 aliphatic rings. The minimum atomic E-state index is -4.66. The normalized spacial score (nSPS) is 16.9. The molecule has 0 radical (unpaired) electrons. The first-order valence-electron chi connectivity index (χ1n) is 10.1. The number of fused-ring (bicyclic) bond motifs is 1. The number of carbonyl (C=O) groups is 2. The van der Waals surface area contributed by atoms with E-state index in [1.54, 1.807) is 35.2 Å². The zero-order valence-electron chi connectivity index (χ0n) is 17.4. The Morgan fingerprint density at radius 2 is 1.94 bits per heavy atom. The molecule has 2 aromatic heterocycles. The Hall–Kier alpha value is -3.50. The minimum Gasteiger partial charge on any atom is -0.352 e. The first-order chi connectivity index (χ1) is 15.1. The van der Waals surface area contributed by atoms with E-state index < -0.39 is 12.0 Å². The van der Waals surface area contributed by atoms with Gasteiger partial charge in [0.1, 0.15) is 0 Å². The lowest BCUT2D eigenvalue weighted by atomic mass is 10.1. The summed E-state index contributed by atoms with van der Waals surface area (Å²) in [6.45, 7) is 4.52. The van der Waals surface area contributed by atoms with Gasteiger partial charge in [0.25, 0.3) is 11.6 Å². The maximum absolute atomic E-state index is 12.9. The zero-order valence-corrected chi connectivity index (χ0v) is 17.4. The minimum absolute atomic E-state index is 0.0186. The van der Waals surface area contributed by atoms with Gasteiger partial charge in [-0.2, -0.15) is 22.7 Å². The summed E-state index contributed by atoms with van der Waals surface area (Å²) in [6.07, 6.45) is -3.08. The van der Waals surface area contributed by atoms with Gasteiger partial charge in [-0.05, 0) is 25.5 Å². The highest BCUT2D eigenvalue weighted by Crippen LogP contribution is 2.28. The zero-order chi connectivity index (χ0) is 23.0. The SMILES string of the molecule is CC(C)N1C[C@H](C(=O)NCc2ccc(-c3ccnc4nc(C(F)(F)F)nn34)cc2)CC1=O. The van der Waals surface area contributed by atoms with Crippen molar-refractivity contribution in [3.05, 3.63) is 47.9 Å². The van der Waals surface area contributed by atoms with Gasteiger partial charge in [-0.3, -0.25) is 9.59 Å². The fourth-order valence-corrected chi connectivity index (χ4v) is 3.67. The van der Waals surface area contributed by atoms with Crippen LogP contribution in [0.15, 0.2) is 36.5 Å². The first-order valence-corrected chi connectivity index (χ1v) is 10.1. The lowest BCUT2D eigenvalue weighted by Crippen LogP contribution is -2.35. The summed E-state index contributed by atoms with van der Waals surface area (Å²) in [5.41, 5.74) is 1.85. The second kappa shape index (κ2) is 8.21. The van der Waals surface area contributed by atoms with Crippen LogP contribution in [0, 0.1) is 5.92 Å². The third-order valence-electron chi connectivity index (χ3n) is 5.36. The number of nitrogens with zero attached hydrogens (tertiary/aromatic N) is 5. The Labute approximate surface area is 181 Å². The molecule has 4 rings (SSSR count). The fraction of sp³-hybridized carbons (Fsp3) is 0.381. The number of aromatic nitrogens is 4. The molecule has 3 heterocycles. The molecule has 2 amide bonds. The summed E-state index contributed by atoms with van der Waals surface area (Å²) < 4.78 is 39.9. The maximum atomic E-state index is 12.9. The molecule has 1 saturated heterocycles. The van der Waals surface area contributed by atoms with Gasteiger partial charge >= 0.3 is 6.18 Å². The van der Waals surface area contributed by atoms with Gasteiger partial charge in [0, 0.05) is 37.3 Å². The van der Waals surface area contributed by atoms with E-state index in [0.29, 0.717) is 17.8 Å². The Morgan fingerprint density at radius 3 is 2.56 bits per heavy atom. The molecule has 1 aromatic carbocycles. The Balaban J connectivity index is 1.45. The summed E-state index contributed by atoms with van der Waals surface area (Å²) in [6, 6.07) is 8.60. The van der Waals surface area contributed by atoms with Crippen molar-refractivity contribution >= 4 is 17.6 Å². The van der Waals surface area contributed by atoms with Gasteiger partial charge in [-0.15, -0.1) is 5.10 Å². The molecule has 3 aromatic rings. The van der Waals surface area contributed by atoms with E-state index in [1.165, 1.54) is 6.20 Å². The van der Waals surface area contributed by atoms with Gasteiger partial charge in [-0.1, -0.05) is 24.3 Å². The second-order valence-corrected chi connectivity index (χ2v) is 7.93. The van der Waals surface area contributed by atoms with E-state index in [0.717, 1.165) is 10.1 Å². The molecule has 0 saturated carbocycles. The van der Waals surface area contributed by atoms with Crippen LogP contribution in [0.3, 0.4) is 0 Å². The fourth-order valence-electron chi connectivity index (χ4n) is 3.67. The van der Waals surface area contributed by atoms with Crippen molar-refractivity contribution in [2.45, 2.75) is 39.0 Å². The van der Waals surface area contributed by atoms with E-state index >= 15 is 0 Å². The van der Waals surface area contributed by atoms with Gasteiger partial charge < -0.3 is 10.2 Å². The number of likely N-dealkylation sites (tertiary alicyclic amines) is 1. The first kappa shape index (κ1) is 21.7. The quantitative estimate of drug-likeness (QED) is 0.651. The highest BCUT2D eigenvalue weighted by atomic mass is 19.4. The summed E-state index contributed by atoms with van der Waals surface area (Å²) in [4.78, 5) is 33.4. The maximum Gasteiger partial charge on any atom is 0.453 e. The van der Waals surface area contributed by atoms with Gasteiger partial charge in [0.05, 0.1) is 11.6 Å². The molecular formula is C21H21F3N6O2. The van der Waals surface area contributed by atoms with Crippen LogP contribution < -0.4 is 5.32 Å². The molecule has 168 valence electrons. The number of rotatable bonds is 5. The predicted octanol–water partition coefficient (Wildman–Crippen LogP) is 2.68. The number of hydrogen-bond acceptors (Lipinski definition) is 5. The summed E-state index contributed by atoms with van der Waals surface area (Å²) in [5.74, 6) is -1.96. The molecule has 0 unspecified atom stereocenters. The number of amides is 2. The van der Waals surface area contributed by atoms with Gasteiger partial charge in [-0.25, -0.2) is 4.98 Å². The lowest BCUT2D eigenvalue weighted by molar-refractivity contribution is -0.144. The van der Waals surface area contributed by atoms with E-state index in [4.69, 9.17) is 0 Å². The van der Waals surface area contributed by atoms with Gasteiger partial charge in [0.2, 0.25) is 11.8 Å². The Morgan fingerprint density at radius 1 is 1.22 bits per heavy atom. The topological polar surface area (TPSA) is 92.5 Å². The average Bonchev–Trinajstić information content (AvgIpc) is 3.36. The van der Waals surface area contributed by atoms with Gasteiger partial charge in [0.15, 0.2) is 0 Å². The lowest BCUT2D eigenvalue weighted by Gasteiger charge is -2.20. The summed E-state index contributed by atoms with van der Waals surface area (Å²) in [5, 5.41) is 6.39. The number of benzene rings is 1. The Bertz CT molecular complexity index is 1160. The van der Waals surface area contributed by atoms with Crippen LogP contribution in [0.4, 0.5) is 13.2 Å². The number of halogens is 3. The van der Waals surface area contributed by atoms with Crippen LogP contribution in [-0.4, -0.2) is 48.9 Å².